The van der Waals surface area contributed by atoms with Crippen LogP contribution in [0.2, 0.25) is 0 Å². The van der Waals surface area contributed by atoms with Crippen molar-refractivity contribution in [3.8, 4) is 0 Å². The van der Waals surface area contributed by atoms with Crippen molar-refractivity contribution in [2.24, 2.45) is 5.73 Å². The summed E-state index contributed by atoms with van der Waals surface area (Å²) in [5, 5.41) is 13.6. The van der Waals surface area contributed by atoms with Gasteiger partial charge in [0.25, 0.3) is 0 Å². The number of rotatable bonds is 30. The zero-order chi connectivity index (χ0) is 29.0. The number of aliphatic hydroxyl groups is 1. The number of hydrogen-bond donors (Lipinski definition) is 4. The van der Waals surface area contributed by atoms with E-state index in [-0.39, 0.29) is 25.7 Å². The Labute approximate surface area is 240 Å². The Morgan fingerprint density at radius 2 is 1.18 bits per heavy atom. The normalized spacial score (nSPS) is 14.7. The van der Waals surface area contributed by atoms with Crippen molar-refractivity contribution >= 4 is 13.7 Å². The van der Waals surface area contributed by atoms with E-state index >= 15 is 0 Å². The molecular formula is C30H63N2O6P. The highest BCUT2D eigenvalue weighted by atomic mass is 31.2. The smallest absolute Gasteiger partial charge is 0.391 e. The van der Waals surface area contributed by atoms with Gasteiger partial charge in [-0.15, -0.1) is 0 Å². The number of carbonyl (C=O) groups excluding carboxylic acids is 1. The predicted molar refractivity (Wildman–Crippen MR) is 162 cm³/mol. The van der Waals surface area contributed by atoms with E-state index in [0.29, 0.717) is 12.8 Å². The van der Waals surface area contributed by atoms with Crippen LogP contribution in [0.4, 0.5) is 0 Å². The molecule has 0 aromatic carbocycles. The van der Waals surface area contributed by atoms with Crippen molar-refractivity contribution < 1.29 is 28.4 Å². The summed E-state index contributed by atoms with van der Waals surface area (Å²) < 4.78 is 21.9. The Hall–Kier alpha value is -0.500. The number of unbranched alkanes of at least 4 members (excludes halogenated alkanes) is 18. The summed E-state index contributed by atoms with van der Waals surface area (Å²) in [6, 6.07) is -0.762. The Morgan fingerprint density at radius 3 is 1.64 bits per heavy atom. The molecule has 3 atom stereocenters. The number of nitrogens with one attached hydrogen (secondary N) is 1. The summed E-state index contributed by atoms with van der Waals surface area (Å²) in [4.78, 5) is 22.4. The number of nitrogens with two attached hydrogens (primary N) is 1. The fourth-order valence-electron chi connectivity index (χ4n) is 4.72. The van der Waals surface area contributed by atoms with Crippen LogP contribution < -0.4 is 11.1 Å². The first-order valence-corrected chi connectivity index (χ1v) is 17.6. The number of carbonyl (C=O) groups is 1. The Morgan fingerprint density at radius 1 is 0.744 bits per heavy atom. The SMILES string of the molecule is CCCCCCCCCCCCCCCC(=O)NC(COP(=O)(O)OCCN)C(O)CCCCCCCCC. The quantitative estimate of drug-likeness (QED) is 0.0511. The van der Waals surface area contributed by atoms with E-state index in [4.69, 9.17) is 14.8 Å². The third-order valence-corrected chi connectivity index (χ3v) is 8.20. The minimum absolute atomic E-state index is 0.0913. The molecule has 0 aromatic heterocycles. The zero-order valence-electron chi connectivity index (χ0n) is 25.4. The second-order valence-electron chi connectivity index (χ2n) is 11.0. The molecule has 0 saturated carbocycles. The van der Waals surface area contributed by atoms with Gasteiger partial charge in [-0.3, -0.25) is 13.8 Å². The van der Waals surface area contributed by atoms with E-state index < -0.39 is 20.0 Å². The van der Waals surface area contributed by atoms with E-state index in [1.165, 1.54) is 89.9 Å². The summed E-state index contributed by atoms with van der Waals surface area (Å²) in [5.74, 6) is -0.166. The van der Waals surface area contributed by atoms with Gasteiger partial charge >= 0.3 is 7.82 Å². The van der Waals surface area contributed by atoms with Crippen LogP contribution in [0.3, 0.4) is 0 Å². The fraction of sp³-hybridized carbons (Fsp3) is 0.967. The van der Waals surface area contributed by atoms with E-state index in [1.807, 2.05) is 0 Å². The van der Waals surface area contributed by atoms with Gasteiger partial charge in [0.2, 0.25) is 5.91 Å². The van der Waals surface area contributed by atoms with E-state index in [0.717, 1.165) is 38.5 Å². The first kappa shape index (κ1) is 38.5. The third kappa shape index (κ3) is 26.2. The molecule has 0 rings (SSSR count). The van der Waals surface area contributed by atoms with Crippen molar-refractivity contribution in [1.82, 2.24) is 5.32 Å². The minimum Gasteiger partial charge on any atom is -0.391 e. The van der Waals surface area contributed by atoms with Crippen LogP contribution in [0.25, 0.3) is 0 Å². The molecule has 0 aliphatic carbocycles. The van der Waals surface area contributed by atoms with Gasteiger partial charge in [0, 0.05) is 13.0 Å². The average Bonchev–Trinajstić information content (AvgIpc) is 2.91. The largest absolute Gasteiger partial charge is 0.472 e. The van der Waals surface area contributed by atoms with Crippen molar-refractivity contribution in [3.05, 3.63) is 0 Å². The first-order valence-electron chi connectivity index (χ1n) is 16.2. The summed E-state index contributed by atoms with van der Waals surface area (Å²) in [6.07, 6.45) is 24.0. The van der Waals surface area contributed by atoms with Gasteiger partial charge in [0.05, 0.1) is 25.4 Å². The van der Waals surface area contributed by atoms with Gasteiger partial charge in [0.15, 0.2) is 0 Å². The summed E-state index contributed by atoms with van der Waals surface area (Å²) in [7, 11) is -4.29. The standard InChI is InChI=1S/C30H63N2O6P/c1-3-5-7-9-11-12-13-14-15-16-18-20-22-24-30(34)32-28(27-38-39(35,36)37-26-25-31)29(33)23-21-19-17-10-8-6-4-2/h28-29,33H,3-27,31H2,1-2H3,(H,32,34)(H,35,36). The van der Waals surface area contributed by atoms with Crippen LogP contribution in [0.15, 0.2) is 0 Å². The summed E-state index contributed by atoms with van der Waals surface area (Å²) in [5.41, 5.74) is 5.32. The number of phosphoric ester groups is 1. The molecule has 0 fully saturated rings. The van der Waals surface area contributed by atoms with Gasteiger partial charge in [-0.25, -0.2) is 4.57 Å². The minimum atomic E-state index is -4.29. The lowest BCUT2D eigenvalue weighted by Gasteiger charge is -2.25. The van der Waals surface area contributed by atoms with E-state index in [9.17, 15) is 19.4 Å². The molecule has 0 aliphatic rings. The molecule has 0 radical (unpaired) electrons. The van der Waals surface area contributed by atoms with Gasteiger partial charge in [-0.2, -0.15) is 0 Å². The van der Waals surface area contributed by atoms with Crippen molar-refractivity contribution in [2.75, 3.05) is 19.8 Å². The molecular weight excluding hydrogens is 515 g/mol. The molecule has 0 bridgehead atoms. The Balaban J connectivity index is 4.25. The van der Waals surface area contributed by atoms with Gasteiger partial charge in [-0.1, -0.05) is 136 Å². The lowest BCUT2D eigenvalue weighted by atomic mass is 10.0. The number of hydrogen-bond acceptors (Lipinski definition) is 6. The van der Waals surface area contributed by atoms with E-state index in [1.54, 1.807) is 0 Å². The van der Waals surface area contributed by atoms with Crippen LogP contribution in [-0.4, -0.2) is 47.8 Å². The molecule has 9 heteroatoms. The first-order chi connectivity index (χ1) is 18.9. The molecule has 1 amide bonds. The van der Waals surface area contributed by atoms with E-state index in [2.05, 4.69) is 19.2 Å². The highest BCUT2D eigenvalue weighted by Crippen LogP contribution is 2.43. The van der Waals surface area contributed by atoms with Crippen LogP contribution in [0, 0.1) is 0 Å². The molecule has 5 N–H and O–H groups in total. The van der Waals surface area contributed by atoms with Gasteiger partial charge < -0.3 is 21.1 Å². The molecule has 39 heavy (non-hydrogen) atoms. The van der Waals surface area contributed by atoms with Crippen LogP contribution in [-0.2, 0) is 18.4 Å². The van der Waals surface area contributed by atoms with Crippen LogP contribution in [0.1, 0.15) is 155 Å². The molecule has 0 aromatic rings. The number of aliphatic hydroxyl groups excluding tert-OH is 1. The monoisotopic (exact) mass is 578 g/mol. The maximum absolute atomic E-state index is 12.6. The Kier molecular flexibility index (Phi) is 27.3. The lowest BCUT2D eigenvalue weighted by molar-refractivity contribution is -0.123. The van der Waals surface area contributed by atoms with Crippen LogP contribution in [0.5, 0.6) is 0 Å². The number of phosphoric acid groups is 1. The van der Waals surface area contributed by atoms with Crippen LogP contribution >= 0.6 is 7.82 Å². The van der Waals surface area contributed by atoms with Crippen molar-refractivity contribution in [1.29, 1.82) is 0 Å². The summed E-state index contributed by atoms with van der Waals surface area (Å²) in [6.45, 7) is 4.14. The highest BCUT2D eigenvalue weighted by Gasteiger charge is 2.27. The lowest BCUT2D eigenvalue weighted by Crippen LogP contribution is -2.46. The average molecular weight is 579 g/mol. The molecule has 8 nitrogen and oxygen atoms in total. The topological polar surface area (TPSA) is 131 Å². The second-order valence-corrected chi connectivity index (χ2v) is 12.5. The fourth-order valence-corrected chi connectivity index (χ4v) is 5.48. The molecule has 0 heterocycles. The van der Waals surface area contributed by atoms with Crippen molar-refractivity contribution in [3.63, 3.8) is 0 Å². The zero-order valence-corrected chi connectivity index (χ0v) is 26.3. The molecule has 0 spiro atoms. The molecule has 3 unspecified atom stereocenters. The maximum Gasteiger partial charge on any atom is 0.472 e. The Bertz CT molecular complexity index is 596. The number of amides is 1. The molecule has 0 saturated heterocycles. The molecule has 234 valence electrons. The third-order valence-electron chi connectivity index (χ3n) is 7.21. The van der Waals surface area contributed by atoms with Gasteiger partial charge in [-0.05, 0) is 12.8 Å². The molecule has 0 aliphatic heterocycles. The second kappa shape index (κ2) is 27.7. The maximum atomic E-state index is 12.6. The predicted octanol–water partition coefficient (Wildman–Crippen LogP) is 7.55. The van der Waals surface area contributed by atoms with Crippen molar-refractivity contribution in [2.45, 2.75) is 167 Å². The van der Waals surface area contributed by atoms with Gasteiger partial charge in [0.1, 0.15) is 0 Å². The highest BCUT2D eigenvalue weighted by molar-refractivity contribution is 7.47. The summed E-state index contributed by atoms with van der Waals surface area (Å²) >= 11 is 0.